The maximum atomic E-state index is 5.93. The van der Waals surface area contributed by atoms with Crippen molar-refractivity contribution in [3.05, 3.63) is 71.7 Å². The molecular formula is C20H21N3O. The molecule has 1 aromatic carbocycles. The molecule has 24 heavy (non-hydrogen) atoms. The van der Waals surface area contributed by atoms with E-state index in [9.17, 15) is 0 Å². The molecular weight excluding hydrogens is 298 g/mol. The number of hydrogen-bond acceptors (Lipinski definition) is 4. The molecule has 0 radical (unpaired) electrons. The molecule has 0 bridgehead atoms. The molecule has 1 aliphatic heterocycles. The van der Waals surface area contributed by atoms with Gasteiger partial charge in [-0.1, -0.05) is 18.2 Å². The Labute approximate surface area is 142 Å². The number of aromatic nitrogens is 2. The number of hydrogen-bond donors (Lipinski definition) is 0. The third-order valence-electron chi connectivity index (χ3n) is 4.49. The van der Waals surface area contributed by atoms with Crippen molar-refractivity contribution in [2.75, 3.05) is 19.7 Å². The van der Waals surface area contributed by atoms with Crippen LogP contribution in [0.5, 0.6) is 0 Å². The predicted octanol–water partition coefficient (Wildman–Crippen LogP) is 3.51. The van der Waals surface area contributed by atoms with Gasteiger partial charge in [0.25, 0.3) is 0 Å². The highest BCUT2D eigenvalue weighted by Crippen LogP contribution is 2.23. The topological polar surface area (TPSA) is 38.2 Å². The SMILES string of the molecule is Cc1ccc([C@@H]2CN(Cc3ccc4ncccc4c3)CCO2)nc1. The number of morpholine rings is 1. The lowest BCUT2D eigenvalue weighted by Gasteiger charge is -2.32. The van der Waals surface area contributed by atoms with Crippen LogP contribution < -0.4 is 0 Å². The van der Waals surface area contributed by atoms with Gasteiger partial charge in [0.05, 0.1) is 17.8 Å². The summed E-state index contributed by atoms with van der Waals surface area (Å²) in [7, 11) is 0. The minimum Gasteiger partial charge on any atom is -0.369 e. The summed E-state index contributed by atoms with van der Waals surface area (Å²) >= 11 is 0. The van der Waals surface area contributed by atoms with Gasteiger partial charge in [0.15, 0.2) is 0 Å². The van der Waals surface area contributed by atoms with Crippen molar-refractivity contribution in [3.8, 4) is 0 Å². The first-order chi connectivity index (χ1) is 11.8. The molecule has 2 aromatic heterocycles. The van der Waals surface area contributed by atoms with Gasteiger partial charge < -0.3 is 4.74 Å². The second-order valence-electron chi connectivity index (χ2n) is 6.39. The van der Waals surface area contributed by atoms with Gasteiger partial charge in [-0.25, -0.2) is 0 Å². The summed E-state index contributed by atoms with van der Waals surface area (Å²) in [6, 6.07) is 14.8. The molecule has 0 N–H and O–H groups in total. The highest BCUT2D eigenvalue weighted by atomic mass is 16.5. The lowest BCUT2D eigenvalue weighted by atomic mass is 10.1. The van der Waals surface area contributed by atoms with Gasteiger partial charge in [0.2, 0.25) is 0 Å². The van der Waals surface area contributed by atoms with Crippen LogP contribution in [0.25, 0.3) is 10.9 Å². The average molecular weight is 319 g/mol. The molecule has 1 saturated heterocycles. The second kappa shape index (κ2) is 6.67. The molecule has 1 fully saturated rings. The summed E-state index contributed by atoms with van der Waals surface area (Å²) in [6.45, 7) is 5.56. The number of pyridine rings is 2. The summed E-state index contributed by atoms with van der Waals surface area (Å²) < 4.78 is 5.93. The number of nitrogens with zero attached hydrogens (tertiary/aromatic N) is 3. The van der Waals surface area contributed by atoms with Gasteiger partial charge >= 0.3 is 0 Å². The van der Waals surface area contributed by atoms with Crippen molar-refractivity contribution in [3.63, 3.8) is 0 Å². The fourth-order valence-corrected chi connectivity index (χ4v) is 3.18. The molecule has 4 heteroatoms. The molecule has 0 unspecified atom stereocenters. The van der Waals surface area contributed by atoms with E-state index < -0.39 is 0 Å². The Bertz CT molecular complexity index is 832. The second-order valence-corrected chi connectivity index (χ2v) is 6.39. The normalized spacial score (nSPS) is 18.8. The van der Waals surface area contributed by atoms with Crippen LogP contribution in [0.2, 0.25) is 0 Å². The first-order valence-electron chi connectivity index (χ1n) is 8.38. The Morgan fingerprint density at radius 3 is 3.00 bits per heavy atom. The third kappa shape index (κ3) is 3.30. The number of benzene rings is 1. The molecule has 4 nitrogen and oxygen atoms in total. The largest absolute Gasteiger partial charge is 0.369 e. The smallest absolute Gasteiger partial charge is 0.112 e. The van der Waals surface area contributed by atoms with E-state index in [0.29, 0.717) is 0 Å². The van der Waals surface area contributed by atoms with Gasteiger partial charge in [-0.15, -0.1) is 0 Å². The molecule has 0 spiro atoms. The van der Waals surface area contributed by atoms with Crippen LogP contribution in [0.4, 0.5) is 0 Å². The zero-order valence-corrected chi connectivity index (χ0v) is 13.9. The quantitative estimate of drug-likeness (QED) is 0.740. The molecule has 3 aromatic rings. The van der Waals surface area contributed by atoms with Crippen molar-refractivity contribution < 1.29 is 4.74 Å². The van der Waals surface area contributed by atoms with Crippen molar-refractivity contribution in [1.29, 1.82) is 0 Å². The molecule has 0 saturated carbocycles. The first-order valence-corrected chi connectivity index (χ1v) is 8.38. The Morgan fingerprint density at radius 1 is 1.17 bits per heavy atom. The summed E-state index contributed by atoms with van der Waals surface area (Å²) in [4.78, 5) is 11.3. The van der Waals surface area contributed by atoms with E-state index in [1.165, 1.54) is 16.5 Å². The van der Waals surface area contributed by atoms with Crippen LogP contribution in [0.15, 0.2) is 54.9 Å². The summed E-state index contributed by atoms with van der Waals surface area (Å²) in [5.41, 5.74) is 4.56. The molecule has 1 aliphatic rings. The fraction of sp³-hybridized carbons (Fsp3) is 0.300. The van der Waals surface area contributed by atoms with E-state index >= 15 is 0 Å². The Morgan fingerprint density at radius 2 is 2.12 bits per heavy atom. The lowest BCUT2D eigenvalue weighted by molar-refractivity contribution is -0.0349. The molecule has 122 valence electrons. The van der Waals surface area contributed by atoms with Crippen LogP contribution in [0.1, 0.15) is 22.9 Å². The maximum Gasteiger partial charge on any atom is 0.112 e. The highest BCUT2D eigenvalue weighted by molar-refractivity contribution is 5.78. The summed E-state index contributed by atoms with van der Waals surface area (Å²) in [5.74, 6) is 0. The Balaban J connectivity index is 1.48. The fourth-order valence-electron chi connectivity index (χ4n) is 3.18. The van der Waals surface area contributed by atoms with E-state index in [1.807, 2.05) is 18.5 Å². The summed E-state index contributed by atoms with van der Waals surface area (Å²) in [6.07, 6.45) is 3.80. The van der Waals surface area contributed by atoms with Crippen molar-refractivity contribution in [2.24, 2.45) is 0 Å². The average Bonchev–Trinajstić information content (AvgIpc) is 2.62. The van der Waals surface area contributed by atoms with Crippen molar-refractivity contribution in [2.45, 2.75) is 19.6 Å². The standard InChI is InChI=1S/C20H21N3O/c1-15-4-6-19(22-12-15)20-14-23(9-10-24-20)13-16-5-7-18-17(11-16)3-2-8-21-18/h2-8,11-12,20H,9-10,13-14H2,1H3/t20-/m0/s1. The number of rotatable bonds is 3. The van der Waals surface area contributed by atoms with Crippen molar-refractivity contribution >= 4 is 10.9 Å². The number of ether oxygens (including phenoxy) is 1. The molecule has 0 amide bonds. The maximum absolute atomic E-state index is 5.93. The molecule has 1 atom stereocenters. The van der Waals surface area contributed by atoms with Gasteiger partial charge in [-0.2, -0.15) is 0 Å². The zero-order valence-electron chi connectivity index (χ0n) is 13.9. The van der Waals surface area contributed by atoms with Gasteiger partial charge in [-0.3, -0.25) is 14.9 Å². The predicted molar refractivity (Wildman–Crippen MR) is 94.7 cm³/mol. The molecule has 0 aliphatic carbocycles. The van der Waals surface area contributed by atoms with Crippen LogP contribution in [-0.4, -0.2) is 34.6 Å². The third-order valence-corrected chi connectivity index (χ3v) is 4.49. The van der Waals surface area contributed by atoms with Gasteiger partial charge in [0, 0.05) is 37.4 Å². The Kier molecular flexibility index (Phi) is 4.24. The minimum atomic E-state index is 0.0569. The zero-order chi connectivity index (χ0) is 16.4. The first kappa shape index (κ1) is 15.2. The summed E-state index contributed by atoms with van der Waals surface area (Å²) in [5, 5.41) is 1.19. The number of fused-ring (bicyclic) bond motifs is 1. The van der Waals surface area contributed by atoms with Gasteiger partial charge in [0.1, 0.15) is 6.10 Å². The number of aryl methyl sites for hydroxylation is 1. The monoisotopic (exact) mass is 319 g/mol. The Hall–Kier alpha value is -2.30. The van der Waals surface area contributed by atoms with Crippen LogP contribution in [0, 0.1) is 6.92 Å². The molecule has 4 rings (SSSR count). The van der Waals surface area contributed by atoms with E-state index in [0.717, 1.165) is 37.5 Å². The van der Waals surface area contributed by atoms with E-state index in [2.05, 4.69) is 58.2 Å². The van der Waals surface area contributed by atoms with Crippen LogP contribution in [-0.2, 0) is 11.3 Å². The van der Waals surface area contributed by atoms with Gasteiger partial charge in [-0.05, 0) is 42.3 Å². The molecule has 3 heterocycles. The van der Waals surface area contributed by atoms with Crippen LogP contribution >= 0.6 is 0 Å². The van der Waals surface area contributed by atoms with Crippen molar-refractivity contribution in [1.82, 2.24) is 14.9 Å². The van der Waals surface area contributed by atoms with E-state index in [-0.39, 0.29) is 6.10 Å². The van der Waals surface area contributed by atoms with E-state index in [1.54, 1.807) is 0 Å². The van der Waals surface area contributed by atoms with Crippen LogP contribution in [0.3, 0.4) is 0 Å². The minimum absolute atomic E-state index is 0.0569. The van der Waals surface area contributed by atoms with E-state index in [4.69, 9.17) is 4.74 Å². The lowest BCUT2D eigenvalue weighted by Crippen LogP contribution is -2.38. The highest BCUT2D eigenvalue weighted by Gasteiger charge is 2.23.